The number of amides is 1. The maximum Gasteiger partial charge on any atom is 0.300 e. The maximum atomic E-state index is 13.3. The summed E-state index contributed by atoms with van der Waals surface area (Å²) in [7, 11) is 0. The van der Waals surface area contributed by atoms with E-state index in [2.05, 4.69) is 4.98 Å². The molecular weight excluding hydrogens is 424 g/mol. The van der Waals surface area contributed by atoms with Crippen molar-refractivity contribution in [2.75, 3.05) is 18.3 Å². The third-order valence-corrected chi connectivity index (χ3v) is 5.52. The predicted molar refractivity (Wildman–Crippen MR) is 119 cm³/mol. The molecule has 2 aromatic carbocycles. The number of pyridine rings is 1. The number of aromatic nitrogens is 1. The van der Waals surface area contributed by atoms with Crippen molar-refractivity contribution < 1.29 is 28.9 Å². The van der Waals surface area contributed by atoms with Crippen LogP contribution >= 0.6 is 0 Å². The number of hydrogen-bond acceptors (Lipinski definition) is 7. The van der Waals surface area contributed by atoms with Gasteiger partial charge in [-0.25, -0.2) is 0 Å². The van der Waals surface area contributed by atoms with Crippen LogP contribution in [-0.4, -0.2) is 35.2 Å². The number of nitrogens with zero attached hydrogens (tertiary/aromatic N) is 2. The Kier molecular flexibility index (Phi) is 5.18. The second kappa shape index (κ2) is 8.31. The van der Waals surface area contributed by atoms with Crippen molar-refractivity contribution in [1.82, 2.24) is 4.98 Å². The van der Waals surface area contributed by atoms with E-state index >= 15 is 0 Å². The van der Waals surface area contributed by atoms with Gasteiger partial charge in [0.1, 0.15) is 11.5 Å². The molecule has 1 atom stereocenters. The van der Waals surface area contributed by atoms with Gasteiger partial charge in [-0.1, -0.05) is 12.1 Å². The lowest BCUT2D eigenvalue weighted by Gasteiger charge is -2.26. The van der Waals surface area contributed by atoms with Crippen LogP contribution in [0, 0.1) is 0 Å². The minimum Gasteiger partial charge on any atom is -0.507 e. The first kappa shape index (κ1) is 20.6. The van der Waals surface area contributed by atoms with Gasteiger partial charge in [0.05, 0.1) is 18.2 Å². The van der Waals surface area contributed by atoms with Gasteiger partial charge < -0.3 is 19.3 Å². The summed E-state index contributed by atoms with van der Waals surface area (Å²) in [5.41, 5.74) is 1.44. The van der Waals surface area contributed by atoms with Crippen molar-refractivity contribution in [2.24, 2.45) is 0 Å². The fourth-order valence-electron chi connectivity index (χ4n) is 4.06. The van der Waals surface area contributed by atoms with E-state index < -0.39 is 17.7 Å². The topological polar surface area (TPSA) is 98.2 Å². The standard InChI is InChI=1S/C25H20N2O6/c1-2-31-18-5-3-4-16(12-18)22-21(23(28)15-8-10-26-11-9-15)24(29)25(30)27(22)17-6-7-19-20(13-17)33-14-32-19/h3-13,22,28H,2,14H2,1H3/b23-21+. The number of benzene rings is 2. The normalized spacial score (nSPS) is 18.6. The van der Waals surface area contributed by atoms with Gasteiger partial charge in [-0.15, -0.1) is 0 Å². The predicted octanol–water partition coefficient (Wildman–Crippen LogP) is 3.84. The smallest absolute Gasteiger partial charge is 0.300 e. The number of ketones is 1. The first-order valence-electron chi connectivity index (χ1n) is 10.4. The quantitative estimate of drug-likeness (QED) is 0.363. The number of anilines is 1. The molecule has 0 spiro atoms. The van der Waals surface area contributed by atoms with E-state index in [1.54, 1.807) is 54.6 Å². The second-order valence-corrected chi connectivity index (χ2v) is 7.45. The van der Waals surface area contributed by atoms with Crippen LogP contribution in [0.4, 0.5) is 5.69 Å². The molecule has 1 unspecified atom stereocenters. The number of rotatable bonds is 5. The zero-order valence-corrected chi connectivity index (χ0v) is 17.7. The molecule has 1 amide bonds. The summed E-state index contributed by atoms with van der Waals surface area (Å²) < 4.78 is 16.5. The van der Waals surface area contributed by atoms with Gasteiger partial charge in [0.2, 0.25) is 6.79 Å². The Bertz CT molecular complexity index is 1270. The monoisotopic (exact) mass is 444 g/mol. The lowest BCUT2D eigenvalue weighted by Crippen LogP contribution is -2.29. The Morgan fingerprint density at radius 2 is 1.88 bits per heavy atom. The molecule has 1 fully saturated rings. The van der Waals surface area contributed by atoms with Gasteiger partial charge in [-0.3, -0.25) is 19.5 Å². The van der Waals surface area contributed by atoms with E-state index in [4.69, 9.17) is 14.2 Å². The summed E-state index contributed by atoms with van der Waals surface area (Å²) in [5, 5.41) is 11.1. The Morgan fingerprint density at radius 1 is 1.09 bits per heavy atom. The number of fused-ring (bicyclic) bond motifs is 1. The molecule has 5 rings (SSSR count). The lowest BCUT2D eigenvalue weighted by molar-refractivity contribution is -0.132. The Hall–Kier alpha value is -4.33. The van der Waals surface area contributed by atoms with E-state index in [1.807, 2.05) is 6.92 Å². The molecular formula is C25H20N2O6. The van der Waals surface area contributed by atoms with Crippen LogP contribution in [0.15, 0.2) is 72.6 Å². The number of Topliss-reactive ketones (excluding diaryl/α,β-unsaturated/α-hetero) is 1. The molecule has 8 heteroatoms. The van der Waals surface area contributed by atoms with Crippen LogP contribution in [0.2, 0.25) is 0 Å². The zero-order chi connectivity index (χ0) is 22.9. The van der Waals surface area contributed by atoms with Crippen LogP contribution in [0.25, 0.3) is 5.76 Å². The van der Waals surface area contributed by atoms with Gasteiger partial charge >= 0.3 is 0 Å². The molecule has 0 aliphatic carbocycles. The van der Waals surface area contributed by atoms with E-state index in [0.717, 1.165) is 0 Å². The highest BCUT2D eigenvalue weighted by molar-refractivity contribution is 6.51. The Labute approximate surface area is 189 Å². The lowest BCUT2D eigenvalue weighted by atomic mass is 9.95. The van der Waals surface area contributed by atoms with Gasteiger partial charge in [0, 0.05) is 29.7 Å². The third kappa shape index (κ3) is 3.55. The SMILES string of the molecule is CCOc1cccc(C2/C(=C(\O)c3ccncc3)C(=O)C(=O)N2c2ccc3c(c2)OCO3)c1. The van der Waals surface area contributed by atoms with Crippen LogP contribution in [0.3, 0.4) is 0 Å². The van der Waals surface area contributed by atoms with Crippen LogP contribution in [0.5, 0.6) is 17.2 Å². The second-order valence-electron chi connectivity index (χ2n) is 7.45. The average molecular weight is 444 g/mol. The van der Waals surface area contributed by atoms with Crippen molar-refractivity contribution in [1.29, 1.82) is 0 Å². The highest BCUT2D eigenvalue weighted by Gasteiger charge is 2.47. The molecule has 166 valence electrons. The summed E-state index contributed by atoms with van der Waals surface area (Å²) in [4.78, 5) is 31.8. The minimum absolute atomic E-state index is 0.0162. The summed E-state index contributed by atoms with van der Waals surface area (Å²) in [6.45, 7) is 2.41. The zero-order valence-electron chi connectivity index (χ0n) is 17.7. The minimum atomic E-state index is -0.876. The van der Waals surface area contributed by atoms with E-state index in [1.165, 1.54) is 17.3 Å². The maximum absolute atomic E-state index is 13.3. The van der Waals surface area contributed by atoms with Crippen molar-refractivity contribution in [3.8, 4) is 17.2 Å². The number of ether oxygens (including phenoxy) is 3. The van der Waals surface area contributed by atoms with Crippen molar-refractivity contribution in [3.63, 3.8) is 0 Å². The first-order chi connectivity index (χ1) is 16.1. The fourth-order valence-corrected chi connectivity index (χ4v) is 4.06. The fraction of sp³-hybridized carbons (Fsp3) is 0.160. The molecule has 2 aliphatic rings. The molecule has 1 aromatic heterocycles. The first-order valence-corrected chi connectivity index (χ1v) is 10.4. The molecule has 1 N–H and O–H groups in total. The number of hydrogen-bond donors (Lipinski definition) is 1. The van der Waals surface area contributed by atoms with Gasteiger partial charge in [0.15, 0.2) is 11.5 Å². The number of carbonyl (C=O) groups excluding carboxylic acids is 2. The van der Waals surface area contributed by atoms with Gasteiger partial charge in [-0.2, -0.15) is 0 Å². The van der Waals surface area contributed by atoms with Crippen molar-refractivity contribution in [3.05, 3.63) is 83.7 Å². The van der Waals surface area contributed by atoms with Crippen LogP contribution in [-0.2, 0) is 9.59 Å². The number of carbonyl (C=O) groups is 2. The molecule has 33 heavy (non-hydrogen) atoms. The average Bonchev–Trinajstić information content (AvgIpc) is 3.41. The summed E-state index contributed by atoms with van der Waals surface area (Å²) in [5.74, 6) is -0.182. The molecule has 0 radical (unpaired) electrons. The molecule has 1 saturated heterocycles. The summed E-state index contributed by atoms with van der Waals surface area (Å²) >= 11 is 0. The Morgan fingerprint density at radius 3 is 2.67 bits per heavy atom. The third-order valence-electron chi connectivity index (χ3n) is 5.52. The van der Waals surface area contributed by atoms with E-state index in [0.29, 0.717) is 40.7 Å². The molecule has 2 aliphatic heterocycles. The summed E-state index contributed by atoms with van der Waals surface area (Å²) in [6, 6.07) is 14.4. The molecule has 0 bridgehead atoms. The molecule has 3 aromatic rings. The Balaban J connectivity index is 1.70. The van der Waals surface area contributed by atoms with E-state index in [9.17, 15) is 14.7 Å². The van der Waals surface area contributed by atoms with Crippen molar-refractivity contribution in [2.45, 2.75) is 13.0 Å². The van der Waals surface area contributed by atoms with E-state index in [-0.39, 0.29) is 18.1 Å². The van der Waals surface area contributed by atoms with Gasteiger partial charge in [0.25, 0.3) is 11.7 Å². The molecule has 8 nitrogen and oxygen atoms in total. The van der Waals surface area contributed by atoms with Crippen molar-refractivity contribution >= 4 is 23.1 Å². The number of aliphatic hydroxyl groups is 1. The molecule has 0 saturated carbocycles. The highest BCUT2D eigenvalue weighted by Crippen LogP contribution is 2.45. The van der Waals surface area contributed by atoms with Crippen LogP contribution < -0.4 is 19.1 Å². The number of aliphatic hydroxyl groups excluding tert-OH is 1. The van der Waals surface area contributed by atoms with Crippen LogP contribution in [0.1, 0.15) is 24.1 Å². The summed E-state index contributed by atoms with van der Waals surface area (Å²) in [6.07, 6.45) is 3.02. The van der Waals surface area contributed by atoms with Gasteiger partial charge in [-0.05, 0) is 48.9 Å². The largest absolute Gasteiger partial charge is 0.507 e. The molecule has 3 heterocycles. The highest BCUT2D eigenvalue weighted by atomic mass is 16.7.